The molecule has 5 nitrogen and oxygen atoms in total. The van der Waals surface area contributed by atoms with Gasteiger partial charge in [0.15, 0.2) is 0 Å². The normalized spacial score (nSPS) is 15.8. The van der Waals surface area contributed by atoms with Crippen LogP contribution >= 0.6 is 27.5 Å². The van der Waals surface area contributed by atoms with Crippen LogP contribution in [0, 0.1) is 5.92 Å². The standard InChI is InChI=1S/C15H16BrClN4O/c16-12-8-19-15(20-9-12)21-6-3-11(4-7-21)10-22-14-13(17)2-1-5-18-14/h1-2,5,8-9,11H,3-4,6-7,10H2. The van der Waals surface area contributed by atoms with Gasteiger partial charge in [0.2, 0.25) is 11.8 Å². The average molecular weight is 384 g/mol. The minimum absolute atomic E-state index is 0.504. The zero-order chi connectivity index (χ0) is 15.4. The molecular weight excluding hydrogens is 368 g/mol. The second-order valence-electron chi connectivity index (χ2n) is 5.23. The summed E-state index contributed by atoms with van der Waals surface area (Å²) in [5.41, 5.74) is 0. The van der Waals surface area contributed by atoms with Crippen LogP contribution in [0.1, 0.15) is 12.8 Å². The summed E-state index contributed by atoms with van der Waals surface area (Å²) in [6.07, 6.45) is 7.34. The fraction of sp³-hybridized carbons (Fsp3) is 0.400. The molecular formula is C15H16BrClN4O. The number of piperidine rings is 1. The minimum Gasteiger partial charge on any atom is -0.476 e. The number of hydrogen-bond donors (Lipinski definition) is 0. The fourth-order valence-corrected chi connectivity index (χ4v) is 2.82. The fourth-order valence-electron chi connectivity index (χ4n) is 2.44. The molecule has 0 N–H and O–H groups in total. The molecule has 1 fully saturated rings. The summed E-state index contributed by atoms with van der Waals surface area (Å²) in [6.45, 7) is 2.52. The van der Waals surface area contributed by atoms with Crippen molar-refractivity contribution in [2.24, 2.45) is 5.92 Å². The van der Waals surface area contributed by atoms with Crippen molar-refractivity contribution in [3.63, 3.8) is 0 Å². The molecule has 0 atom stereocenters. The molecule has 0 amide bonds. The molecule has 0 spiro atoms. The van der Waals surface area contributed by atoms with Crippen molar-refractivity contribution in [3.05, 3.63) is 40.2 Å². The van der Waals surface area contributed by atoms with Gasteiger partial charge in [0.05, 0.1) is 11.1 Å². The largest absolute Gasteiger partial charge is 0.476 e. The Labute approximate surface area is 142 Å². The van der Waals surface area contributed by atoms with Crippen LogP contribution in [0.25, 0.3) is 0 Å². The van der Waals surface area contributed by atoms with E-state index in [1.54, 1.807) is 30.7 Å². The van der Waals surface area contributed by atoms with Gasteiger partial charge in [-0.05, 0) is 46.8 Å². The topological polar surface area (TPSA) is 51.1 Å². The lowest BCUT2D eigenvalue weighted by molar-refractivity contribution is 0.216. The molecule has 0 bridgehead atoms. The Hall–Kier alpha value is -1.40. The van der Waals surface area contributed by atoms with Gasteiger partial charge in [-0.25, -0.2) is 15.0 Å². The van der Waals surface area contributed by atoms with Crippen LogP contribution in [0.2, 0.25) is 5.02 Å². The van der Waals surface area contributed by atoms with Gasteiger partial charge in [0, 0.05) is 31.7 Å². The predicted molar refractivity (Wildman–Crippen MR) is 89.4 cm³/mol. The van der Waals surface area contributed by atoms with Gasteiger partial charge < -0.3 is 9.64 Å². The summed E-state index contributed by atoms with van der Waals surface area (Å²) in [7, 11) is 0. The molecule has 7 heteroatoms. The Morgan fingerprint density at radius 2 is 1.95 bits per heavy atom. The number of nitrogens with zero attached hydrogens (tertiary/aromatic N) is 4. The highest BCUT2D eigenvalue weighted by molar-refractivity contribution is 9.10. The van der Waals surface area contributed by atoms with Crippen LogP contribution in [0.3, 0.4) is 0 Å². The van der Waals surface area contributed by atoms with Crippen LogP contribution in [0.4, 0.5) is 5.95 Å². The molecule has 22 heavy (non-hydrogen) atoms. The van der Waals surface area contributed by atoms with Crippen LogP contribution in [0.15, 0.2) is 35.2 Å². The van der Waals surface area contributed by atoms with Gasteiger partial charge in [0.25, 0.3) is 0 Å². The van der Waals surface area contributed by atoms with Crippen molar-refractivity contribution in [1.29, 1.82) is 0 Å². The SMILES string of the molecule is Clc1cccnc1OCC1CCN(c2ncc(Br)cn2)CC1. The van der Waals surface area contributed by atoms with Crippen molar-refractivity contribution >= 4 is 33.5 Å². The lowest BCUT2D eigenvalue weighted by Crippen LogP contribution is -2.36. The van der Waals surface area contributed by atoms with E-state index in [4.69, 9.17) is 16.3 Å². The van der Waals surface area contributed by atoms with Crippen LogP contribution < -0.4 is 9.64 Å². The number of pyridine rings is 1. The average Bonchev–Trinajstić information content (AvgIpc) is 2.55. The first-order valence-electron chi connectivity index (χ1n) is 7.18. The van der Waals surface area contributed by atoms with Crippen LogP contribution in [-0.4, -0.2) is 34.6 Å². The predicted octanol–water partition coefficient (Wildman–Crippen LogP) is 3.58. The summed E-state index contributed by atoms with van der Waals surface area (Å²) in [6, 6.07) is 3.59. The molecule has 2 aromatic rings. The quantitative estimate of drug-likeness (QED) is 0.807. The Balaban J connectivity index is 1.49. The van der Waals surface area contributed by atoms with Crippen molar-refractivity contribution in [2.45, 2.75) is 12.8 Å². The molecule has 116 valence electrons. The van der Waals surface area contributed by atoms with Crippen molar-refractivity contribution in [1.82, 2.24) is 15.0 Å². The van der Waals surface area contributed by atoms with Crippen LogP contribution in [0.5, 0.6) is 5.88 Å². The molecule has 0 saturated carbocycles. The molecule has 3 heterocycles. The molecule has 0 aliphatic carbocycles. The molecule has 1 aliphatic rings. The van der Waals surface area contributed by atoms with Gasteiger partial charge >= 0.3 is 0 Å². The zero-order valence-corrected chi connectivity index (χ0v) is 14.3. The highest BCUT2D eigenvalue weighted by Crippen LogP contribution is 2.24. The first-order valence-corrected chi connectivity index (χ1v) is 8.35. The molecule has 3 rings (SSSR count). The molecule has 0 aromatic carbocycles. The third-order valence-corrected chi connectivity index (χ3v) is 4.38. The maximum atomic E-state index is 6.04. The molecule has 1 saturated heterocycles. The van der Waals surface area contributed by atoms with Crippen molar-refractivity contribution < 1.29 is 4.74 Å². The molecule has 1 aliphatic heterocycles. The third kappa shape index (κ3) is 3.87. The maximum Gasteiger partial charge on any atom is 0.232 e. The second kappa shape index (κ2) is 7.24. The van der Waals surface area contributed by atoms with E-state index >= 15 is 0 Å². The number of hydrogen-bond acceptors (Lipinski definition) is 5. The second-order valence-corrected chi connectivity index (χ2v) is 6.56. The lowest BCUT2D eigenvalue weighted by atomic mass is 9.98. The maximum absolute atomic E-state index is 6.04. The van der Waals surface area contributed by atoms with Crippen molar-refractivity contribution in [3.8, 4) is 5.88 Å². The van der Waals surface area contributed by atoms with Crippen LogP contribution in [-0.2, 0) is 0 Å². The minimum atomic E-state index is 0.504. The Bertz CT molecular complexity index is 617. The van der Waals surface area contributed by atoms with Gasteiger partial charge in [-0.1, -0.05) is 11.6 Å². The van der Waals surface area contributed by atoms with E-state index in [2.05, 4.69) is 35.8 Å². The Morgan fingerprint density at radius 3 is 2.64 bits per heavy atom. The Kier molecular flexibility index (Phi) is 5.10. The zero-order valence-electron chi connectivity index (χ0n) is 12.0. The van der Waals surface area contributed by atoms with Gasteiger partial charge in [0.1, 0.15) is 5.02 Å². The number of aromatic nitrogens is 3. The summed E-state index contributed by atoms with van der Waals surface area (Å²) in [5.74, 6) is 1.81. The summed E-state index contributed by atoms with van der Waals surface area (Å²) >= 11 is 9.39. The summed E-state index contributed by atoms with van der Waals surface area (Å²) in [4.78, 5) is 15.0. The van der Waals surface area contributed by atoms with Gasteiger partial charge in [-0.15, -0.1) is 0 Å². The number of rotatable bonds is 4. The lowest BCUT2D eigenvalue weighted by Gasteiger charge is -2.31. The first-order chi connectivity index (χ1) is 10.7. The Morgan fingerprint density at radius 1 is 1.23 bits per heavy atom. The number of halogens is 2. The van der Waals surface area contributed by atoms with Gasteiger partial charge in [-0.2, -0.15) is 0 Å². The van der Waals surface area contributed by atoms with E-state index in [0.29, 0.717) is 23.4 Å². The van der Waals surface area contributed by atoms with E-state index in [1.807, 2.05) is 0 Å². The first kappa shape index (κ1) is 15.5. The summed E-state index contributed by atoms with van der Waals surface area (Å²) in [5, 5.41) is 0.559. The molecule has 0 unspecified atom stereocenters. The number of ether oxygens (including phenoxy) is 1. The van der Waals surface area contributed by atoms with E-state index < -0.39 is 0 Å². The van der Waals surface area contributed by atoms with E-state index in [1.165, 1.54) is 0 Å². The molecule has 2 aromatic heterocycles. The highest BCUT2D eigenvalue weighted by atomic mass is 79.9. The molecule has 0 radical (unpaired) electrons. The van der Waals surface area contributed by atoms with Gasteiger partial charge in [-0.3, -0.25) is 0 Å². The van der Waals surface area contributed by atoms with E-state index in [0.717, 1.165) is 36.4 Å². The summed E-state index contributed by atoms with van der Waals surface area (Å²) < 4.78 is 6.63. The monoisotopic (exact) mass is 382 g/mol. The van der Waals surface area contributed by atoms with Crippen molar-refractivity contribution in [2.75, 3.05) is 24.6 Å². The van der Waals surface area contributed by atoms with E-state index in [-0.39, 0.29) is 0 Å². The number of anilines is 1. The third-order valence-electron chi connectivity index (χ3n) is 3.68. The highest BCUT2D eigenvalue weighted by Gasteiger charge is 2.21. The smallest absolute Gasteiger partial charge is 0.232 e. The van der Waals surface area contributed by atoms with E-state index in [9.17, 15) is 0 Å².